The first-order valence-corrected chi connectivity index (χ1v) is 9.80. The summed E-state index contributed by atoms with van der Waals surface area (Å²) in [5.74, 6) is 0.660. The summed E-state index contributed by atoms with van der Waals surface area (Å²) in [5, 5.41) is 15.1. The second-order valence-electron chi connectivity index (χ2n) is 6.45. The molecule has 3 aromatic rings. The molecule has 0 aliphatic carbocycles. The topological polar surface area (TPSA) is 81.9 Å². The highest BCUT2D eigenvalue weighted by Crippen LogP contribution is 2.25. The lowest BCUT2D eigenvalue weighted by Crippen LogP contribution is -2.30. The van der Waals surface area contributed by atoms with Gasteiger partial charge in [-0.25, -0.2) is 0 Å². The van der Waals surface area contributed by atoms with Gasteiger partial charge in [-0.3, -0.25) is 4.79 Å². The average Bonchev–Trinajstić information content (AvgIpc) is 3.14. The maximum absolute atomic E-state index is 12.6. The summed E-state index contributed by atoms with van der Waals surface area (Å²) in [6, 6.07) is 13.7. The molecule has 0 saturated carbocycles. The quantitative estimate of drug-likeness (QED) is 0.617. The van der Waals surface area contributed by atoms with E-state index in [9.17, 15) is 4.79 Å². The van der Waals surface area contributed by atoms with Crippen molar-refractivity contribution in [2.24, 2.45) is 0 Å². The molecule has 0 aliphatic heterocycles. The molecule has 0 radical (unpaired) electrons. The number of nitrogens with zero attached hydrogens (tertiary/aromatic N) is 4. The van der Waals surface area contributed by atoms with E-state index in [0.29, 0.717) is 11.7 Å². The Balaban J connectivity index is 1.67. The number of amides is 1. The summed E-state index contributed by atoms with van der Waals surface area (Å²) in [6.07, 6.45) is 0. The number of hydrogen-bond donors (Lipinski definition) is 1. The van der Waals surface area contributed by atoms with Crippen LogP contribution in [0.5, 0.6) is 5.75 Å². The van der Waals surface area contributed by atoms with E-state index in [2.05, 4.69) is 26.9 Å². The van der Waals surface area contributed by atoms with Crippen LogP contribution in [0.15, 0.2) is 47.6 Å². The van der Waals surface area contributed by atoms with Gasteiger partial charge in [-0.15, -0.1) is 5.10 Å². The molecule has 2 aromatic carbocycles. The summed E-state index contributed by atoms with van der Waals surface area (Å²) in [4.78, 5) is 12.6. The number of rotatable bonds is 7. The van der Waals surface area contributed by atoms with Crippen LogP contribution in [-0.4, -0.2) is 38.5 Å². The SMILES string of the molecule is COc1ccccc1CNC(=O)[C@H](C)Sc1nnnn1-c1ccc(C)cc1C. The molecule has 3 rings (SSSR count). The minimum Gasteiger partial charge on any atom is -0.496 e. The zero-order chi connectivity index (χ0) is 20.1. The number of nitrogens with one attached hydrogen (secondary N) is 1. The van der Waals surface area contributed by atoms with Crippen molar-refractivity contribution in [1.29, 1.82) is 0 Å². The maximum Gasteiger partial charge on any atom is 0.233 e. The Morgan fingerprint density at radius 2 is 2.04 bits per heavy atom. The van der Waals surface area contributed by atoms with Crippen molar-refractivity contribution in [3.63, 3.8) is 0 Å². The molecule has 1 N–H and O–H groups in total. The van der Waals surface area contributed by atoms with E-state index in [4.69, 9.17) is 4.74 Å². The second kappa shape index (κ2) is 8.88. The van der Waals surface area contributed by atoms with Gasteiger partial charge < -0.3 is 10.1 Å². The highest BCUT2D eigenvalue weighted by molar-refractivity contribution is 8.00. The van der Waals surface area contributed by atoms with Crippen molar-refractivity contribution in [2.75, 3.05) is 7.11 Å². The third kappa shape index (κ3) is 4.51. The van der Waals surface area contributed by atoms with Crippen LogP contribution >= 0.6 is 11.8 Å². The standard InChI is InChI=1S/C20H23N5O2S/c1-13-9-10-17(14(2)11-13)25-20(22-23-24-25)28-15(3)19(26)21-12-16-7-5-6-8-18(16)27-4/h5-11,15H,12H2,1-4H3,(H,21,26)/t15-/m0/s1. The molecule has 0 spiro atoms. The van der Waals surface area contributed by atoms with E-state index in [1.807, 2.05) is 57.2 Å². The van der Waals surface area contributed by atoms with Gasteiger partial charge in [0.2, 0.25) is 11.1 Å². The van der Waals surface area contributed by atoms with E-state index in [-0.39, 0.29) is 11.2 Å². The van der Waals surface area contributed by atoms with E-state index >= 15 is 0 Å². The van der Waals surface area contributed by atoms with Crippen LogP contribution in [0.2, 0.25) is 0 Å². The summed E-state index contributed by atoms with van der Waals surface area (Å²) in [6.45, 7) is 6.29. The smallest absolute Gasteiger partial charge is 0.233 e. The molecular weight excluding hydrogens is 374 g/mol. The number of ether oxygens (including phenoxy) is 1. The third-order valence-electron chi connectivity index (χ3n) is 4.32. The zero-order valence-electron chi connectivity index (χ0n) is 16.3. The highest BCUT2D eigenvalue weighted by atomic mass is 32.2. The number of carbonyl (C=O) groups excluding carboxylic acids is 1. The zero-order valence-corrected chi connectivity index (χ0v) is 17.2. The number of benzene rings is 2. The summed E-state index contributed by atoms with van der Waals surface area (Å²) in [5.41, 5.74) is 4.07. The number of para-hydroxylation sites is 1. The van der Waals surface area contributed by atoms with Crippen molar-refractivity contribution < 1.29 is 9.53 Å². The number of thioether (sulfide) groups is 1. The van der Waals surface area contributed by atoms with Gasteiger partial charge in [-0.1, -0.05) is 47.7 Å². The van der Waals surface area contributed by atoms with Crippen LogP contribution in [0, 0.1) is 13.8 Å². The van der Waals surface area contributed by atoms with Crippen LogP contribution in [0.3, 0.4) is 0 Å². The molecule has 8 heteroatoms. The Labute approximate surface area is 168 Å². The lowest BCUT2D eigenvalue weighted by Gasteiger charge is -2.14. The molecule has 0 unspecified atom stereocenters. The fourth-order valence-electron chi connectivity index (χ4n) is 2.83. The number of tetrazole rings is 1. The van der Waals surface area contributed by atoms with Gasteiger partial charge in [-0.2, -0.15) is 4.68 Å². The summed E-state index contributed by atoms with van der Waals surface area (Å²) in [7, 11) is 1.62. The molecule has 0 bridgehead atoms. The van der Waals surface area contributed by atoms with Crippen LogP contribution < -0.4 is 10.1 Å². The van der Waals surface area contributed by atoms with Gasteiger partial charge in [-0.05, 0) is 48.9 Å². The van der Waals surface area contributed by atoms with E-state index < -0.39 is 0 Å². The summed E-state index contributed by atoms with van der Waals surface area (Å²) < 4.78 is 6.99. The van der Waals surface area contributed by atoms with Crippen molar-refractivity contribution in [3.05, 3.63) is 59.2 Å². The van der Waals surface area contributed by atoms with Crippen LogP contribution in [-0.2, 0) is 11.3 Å². The first kappa shape index (κ1) is 19.9. The first-order valence-electron chi connectivity index (χ1n) is 8.92. The molecule has 0 fully saturated rings. The van der Waals surface area contributed by atoms with Gasteiger partial charge in [0.25, 0.3) is 0 Å². The number of methoxy groups -OCH3 is 1. The molecule has 28 heavy (non-hydrogen) atoms. The maximum atomic E-state index is 12.6. The molecule has 1 amide bonds. The molecule has 1 atom stereocenters. The number of carbonyl (C=O) groups is 1. The van der Waals surface area contributed by atoms with Crippen molar-refractivity contribution in [1.82, 2.24) is 25.5 Å². The van der Waals surface area contributed by atoms with Gasteiger partial charge in [0, 0.05) is 12.1 Å². The molecule has 146 valence electrons. The van der Waals surface area contributed by atoms with Gasteiger partial charge in [0.1, 0.15) is 5.75 Å². The Morgan fingerprint density at radius 1 is 1.25 bits per heavy atom. The molecule has 1 aromatic heterocycles. The van der Waals surface area contributed by atoms with Crippen LogP contribution in [0.25, 0.3) is 5.69 Å². The van der Waals surface area contributed by atoms with Crippen LogP contribution in [0.4, 0.5) is 0 Å². The monoisotopic (exact) mass is 397 g/mol. The number of aromatic nitrogens is 4. The van der Waals surface area contributed by atoms with Crippen molar-refractivity contribution >= 4 is 17.7 Å². The minimum absolute atomic E-state index is 0.0916. The van der Waals surface area contributed by atoms with E-state index in [1.165, 1.54) is 17.3 Å². The highest BCUT2D eigenvalue weighted by Gasteiger charge is 2.20. The molecular formula is C20H23N5O2S. The third-order valence-corrected chi connectivity index (χ3v) is 5.35. The van der Waals surface area contributed by atoms with Crippen molar-refractivity contribution in [3.8, 4) is 11.4 Å². The predicted molar refractivity (Wildman–Crippen MR) is 109 cm³/mol. The van der Waals surface area contributed by atoms with E-state index in [1.54, 1.807) is 11.8 Å². The Kier molecular flexibility index (Phi) is 6.30. The van der Waals surface area contributed by atoms with Gasteiger partial charge in [0.05, 0.1) is 18.0 Å². The van der Waals surface area contributed by atoms with Crippen molar-refractivity contribution in [2.45, 2.75) is 37.7 Å². The van der Waals surface area contributed by atoms with Gasteiger partial charge in [0.15, 0.2) is 0 Å². The molecule has 0 aliphatic rings. The van der Waals surface area contributed by atoms with Gasteiger partial charge >= 0.3 is 0 Å². The minimum atomic E-state index is -0.356. The predicted octanol–water partition coefficient (Wildman–Crippen LogP) is 3.08. The molecule has 1 heterocycles. The number of hydrogen-bond acceptors (Lipinski definition) is 6. The summed E-state index contributed by atoms with van der Waals surface area (Å²) >= 11 is 1.32. The number of aryl methyl sites for hydroxylation is 2. The normalized spacial score (nSPS) is 11.9. The van der Waals surface area contributed by atoms with Crippen LogP contribution in [0.1, 0.15) is 23.6 Å². The lowest BCUT2D eigenvalue weighted by molar-refractivity contribution is -0.120. The first-order chi connectivity index (χ1) is 13.5. The second-order valence-corrected chi connectivity index (χ2v) is 7.76. The Hall–Kier alpha value is -2.87. The lowest BCUT2D eigenvalue weighted by atomic mass is 10.1. The largest absolute Gasteiger partial charge is 0.496 e. The molecule has 7 nitrogen and oxygen atoms in total. The fourth-order valence-corrected chi connectivity index (χ4v) is 3.66. The Morgan fingerprint density at radius 3 is 2.79 bits per heavy atom. The average molecular weight is 398 g/mol. The Bertz CT molecular complexity index is 973. The molecule has 0 saturated heterocycles. The fraction of sp³-hybridized carbons (Fsp3) is 0.300. The van der Waals surface area contributed by atoms with E-state index in [0.717, 1.165) is 22.6 Å².